The molecule has 0 aromatic heterocycles. The van der Waals surface area contributed by atoms with E-state index in [1.54, 1.807) is 10.5 Å². The quantitative estimate of drug-likeness (QED) is 0.609. The van der Waals surface area contributed by atoms with E-state index in [2.05, 4.69) is 33.5 Å². The Morgan fingerprint density at radius 2 is 1.78 bits per heavy atom. The molecule has 4 rings (SSSR count). The summed E-state index contributed by atoms with van der Waals surface area (Å²) in [6.45, 7) is 2.40. The Kier molecular flexibility index (Phi) is 2.52. The molecule has 1 aromatic rings. The lowest BCUT2D eigenvalue weighted by Gasteiger charge is -2.28. The van der Waals surface area contributed by atoms with Crippen molar-refractivity contribution in [1.82, 2.24) is 4.37 Å². The molecule has 0 N–H and O–H groups in total. The minimum Gasteiger partial charge on any atom is -0.370 e. The Balaban J connectivity index is 1.97. The number of anilines is 1. The molecule has 0 atom stereocenters. The highest BCUT2D eigenvalue weighted by Crippen LogP contribution is 2.48. The van der Waals surface area contributed by atoms with Gasteiger partial charge in [-0.25, -0.2) is 0 Å². The third-order valence-corrected chi connectivity index (χ3v) is 5.62. The van der Waals surface area contributed by atoms with Gasteiger partial charge in [-0.15, -0.1) is 0 Å². The minimum atomic E-state index is 1.20. The summed E-state index contributed by atoms with van der Waals surface area (Å²) in [6, 6.07) is 8.71. The summed E-state index contributed by atoms with van der Waals surface area (Å²) in [5, 5.41) is 2.71. The second-order valence-electron chi connectivity index (χ2n) is 4.87. The third-order valence-electron chi connectivity index (χ3n) is 3.79. The van der Waals surface area contributed by atoms with Crippen molar-refractivity contribution >= 4 is 37.3 Å². The van der Waals surface area contributed by atoms with E-state index in [-0.39, 0.29) is 0 Å². The third kappa shape index (κ3) is 1.49. The van der Waals surface area contributed by atoms with Crippen molar-refractivity contribution in [1.29, 1.82) is 0 Å². The van der Waals surface area contributed by atoms with E-state index in [1.807, 2.05) is 10.3 Å². The monoisotopic (exact) mass is 274 g/mol. The van der Waals surface area contributed by atoms with Crippen molar-refractivity contribution in [2.45, 2.75) is 19.3 Å². The molecule has 0 radical (unpaired) electrons. The molecule has 0 saturated carbocycles. The number of aromatic nitrogens is 1. The number of rotatable bonds is 1. The number of piperidine rings is 1. The van der Waals surface area contributed by atoms with Crippen LogP contribution in [0.2, 0.25) is 0 Å². The van der Waals surface area contributed by atoms with E-state index in [1.165, 1.54) is 59.4 Å². The molecule has 1 saturated heterocycles. The molecule has 3 aliphatic rings. The van der Waals surface area contributed by atoms with Gasteiger partial charge in [-0.05, 0) is 19.3 Å². The van der Waals surface area contributed by atoms with Crippen LogP contribution in [-0.4, -0.2) is 17.5 Å². The Hall–Kier alpha value is -1.13. The van der Waals surface area contributed by atoms with Gasteiger partial charge in [0.1, 0.15) is 5.69 Å². The van der Waals surface area contributed by atoms with Crippen LogP contribution >= 0.6 is 20.9 Å². The lowest BCUT2D eigenvalue weighted by atomic mass is 10.1. The van der Waals surface area contributed by atoms with Gasteiger partial charge >= 0.3 is 0 Å². The van der Waals surface area contributed by atoms with Gasteiger partial charge in [0.2, 0.25) is 0 Å². The number of hydrogen-bond donors (Lipinski definition) is 0. The van der Waals surface area contributed by atoms with Crippen LogP contribution in [0.5, 0.6) is 0 Å². The van der Waals surface area contributed by atoms with Crippen LogP contribution in [0.15, 0.2) is 24.3 Å². The highest BCUT2D eigenvalue weighted by atomic mass is 32.9. The van der Waals surface area contributed by atoms with Gasteiger partial charge in [-0.3, -0.25) is 0 Å². The first-order valence-electron chi connectivity index (χ1n) is 6.46. The zero-order valence-corrected chi connectivity index (χ0v) is 11.7. The molecule has 0 spiro atoms. The molecular weight excluding hydrogens is 260 g/mol. The Morgan fingerprint density at radius 3 is 2.61 bits per heavy atom. The summed E-state index contributed by atoms with van der Waals surface area (Å²) < 4.78 is 4.60. The number of benzene rings is 1. The van der Waals surface area contributed by atoms with E-state index >= 15 is 0 Å². The zero-order valence-electron chi connectivity index (χ0n) is 10.1. The maximum atomic E-state index is 4.60. The predicted octanol–water partition coefficient (Wildman–Crippen LogP) is 4.45. The van der Waals surface area contributed by atoms with Gasteiger partial charge in [-0.2, -0.15) is 4.37 Å². The highest BCUT2D eigenvalue weighted by molar-refractivity contribution is 7.68. The van der Waals surface area contributed by atoms with Gasteiger partial charge < -0.3 is 4.90 Å². The summed E-state index contributed by atoms with van der Waals surface area (Å²) in [6.07, 6.45) is 4.02. The maximum absolute atomic E-state index is 4.60. The van der Waals surface area contributed by atoms with Crippen molar-refractivity contribution < 1.29 is 0 Å². The molecule has 92 valence electrons. The first kappa shape index (κ1) is 10.8. The summed E-state index contributed by atoms with van der Waals surface area (Å²) in [4.78, 5) is 3.96. The van der Waals surface area contributed by atoms with Crippen molar-refractivity contribution in [2.75, 3.05) is 18.0 Å². The molecule has 2 heterocycles. The van der Waals surface area contributed by atoms with E-state index < -0.39 is 0 Å². The van der Waals surface area contributed by atoms with Crippen LogP contribution in [0.1, 0.15) is 19.3 Å². The molecule has 0 bridgehead atoms. The maximum Gasteiger partial charge on any atom is 0.105 e. The van der Waals surface area contributed by atoms with Gasteiger partial charge in [-0.1, -0.05) is 34.6 Å². The van der Waals surface area contributed by atoms with Gasteiger partial charge in [0.05, 0.1) is 10.6 Å². The van der Waals surface area contributed by atoms with Gasteiger partial charge in [0.15, 0.2) is 0 Å². The highest BCUT2D eigenvalue weighted by Gasteiger charge is 2.25. The molecule has 1 aromatic carbocycles. The lowest BCUT2D eigenvalue weighted by Crippen LogP contribution is -2.29. The number of fused-ring (bicyclic) bond motifs is 3. The zero-order chi connectivity index (χ0) is 11.9. The Morgan fingerprint density at radius 1 is 1.00 bits per heavy atom. The van der Waals surface area contributed by atoms with Crippen LogP contribution in [0, 0.1) is 0 Å². The smallest absolute Gasteiger partial charge is 0.105 e. The van der Waals surface area contributed by atoms with Crippen LogP contribution in [0.3, 0.4) is 0 Å². The average Bonchev–Trinajstić information content (AvgIpc) is 2.99. The normalized spacial score (nSPS) is 16.8. The number of nitrogens with zero attached hydrogens (tertiary/aromatic N) is 2. The fourth-order valence-electron chi connectivity index (χ4n) is 2.95. The van der Waals surface area contributed by atoms with E-state index in [0.29, 0.717) is 0 Å². The topological polar surface area (TPSA) is 16.1 Å². The minimum absolute atomic E-state index is 1.20. The molecule has 1 aliphatic carbocycles. The summed E-state index contributed by atoms with van der Waals surface area (Å²) >= 11 is 0. The van der Waals surface area contributed by atoms with Crippen molar-refractivity contribution in [2.24, 2.45) is 0 Å². The Labute approximate surface area is 114 Å². The molecule has 2 nitrogen and oxygen atoms in total. The molecule has 2 aliphatic heterocycles. The van der Waals surface area contributed by atoms with Crippen LogP contribution in [0.4, 0.5) is 5.69 Å². The first-order valence-corrected chi connectivity index (χ1v) is 8.57. The van der Waals surface area contributed by atoms with E-state index in [0.717, 1.165) is 0 Å². The first-order chi connectivity index (χ1) is 8.95. The largest absolute Gasteiger partial charge is 0.370 e. The summed E-state index contributed by atoms with van der Waals surface area (Å²) in [7, 11) is 3.44. The van der Waals surface area contributed by atoms with Crippen LogP contribution in [0.25, 0.3) is 21.3 Å². The standard InChI is InChI=1S/C14H14N2S2/c1-4-8-16(9-5-1)13-11-7-3-2-6-10(11)12-14(13)17-18-15-12/h2-3,6-7H,1,4-5,8-9H2. The fraction of sp³-hybridized carbons (Fsp3) is 0.357. The molecular formula is C14H14N2S2. The van der Waals surface area contributed by atoms with E-state index in [9.17, 15) is 0 Å². The average molecular weight is 274 g/mol. The van der Waals surface area contributed by atoms with E-state index in [4.69, 9.17) is 0 Å². The van der Waals surface area contributed by atoms with Gasteiger partial charge in [0.25, 0.3) is 0 Å². The van der Waals surface area contributed by atoms with Crippen LogP contribution < -0.4 is 4.90 Å². The van der Waals surface area contributed by atoms with Crippen molar-refractivity contribution in [3.63, 3.8) is 0 Å². The van der Waals surface area contributed by atoms with Gasteiger partial charge in [0, 0.05) is 34.4 Å². The molecule has 4 heteroatoms. The molecule has 0 amide bonds. The predicted molar refractivity (Wildman–Crippen MR) is 80.2 cm³/mol. The lowest BCUT2D eigenvalue weighted by molar-refractivity contribution is 0.580. The fourth-order valence-corrected chi connectivity index (χ4v) is 4.97. The van der Waals surface area contributed by atoms with Crippen molar-refractivity contribution in [3.05, 3.63) is 24.3 Å². The number of hydrogen-bond acceptors (Lipinski definition) is 4. The second-order valence-corrected chi connectivity index (χ2v) is 6.72. The second kappa shape index (κ2) is 4.21. The SMILES string of the molecule is c1ccc2c(N3CCCCC3)c3ssnc-3c2c1. The van der Waals surface area contributed by atoms with Crippen molar-refractivity contribution in [3.8, 4) is 10.6 Å². The molecule has 18 heavy (non-hydrogen) atoms. The Bertz CT molecular complexity index is 649. The summed E-state index contributed by atoms with van der Waals surface area (Å²) in [5.74, 6) is 0. The van der Waals surface area contributed by atoms with Crippen LogP contribution in [-0.2, 0) is 0 Å². The summed E-state index contributed by atoms with van der Waals surface area (Å²) in [5.41, 5.74) is 2.65. The molecule has 1 fully saturated rings. The molecule has 0 unspecified atom stereocenters.